The van der Waals surface area contributed by atoms with Crippen LogP contribution in [0.4, 0.5) is 5.69 Å². The molecule has 2 N–H and O–H groups in total. The summed E-state index contributed by atoms with van der Waals surface area (Å²) in [5.41, 5.74) is 6.88. The van der Waals surface area contributed by atoms with Crippen molar-refractivity contribution in [3.8, 4) is 0 Å². The van der Waals surface area contributed by atoms with E-state index in [1.807, 2.05) is 19.9 Å². The summed E-state index contributed by atoms with van der Waals surface area (Å²) >= 11 is 0. The molecule has 1 atom stereocenters. The Balaban J connectivity index is 2.28. The van der Waals surface area contributed by atoms with Gasteiger partial charge in [-0.05, 0) is 32.8 Å². The van der Waals surface area contributed by atoms with E-state index in [2.05, 4.69) is 9.88 Å². The van der Waals surface area contributed by atoms with Crippen LogP contribution >= 0.6 is 0 Å². The van der Waals surface area contributed by atoms with Gasteiger partial charge in [-0.15, -0.1) is 0 Å². The number of nitrogens with zero attached hydrogens (tertiary/aromatic N) is 3. The van der Waals surface area contributed by atoms with Crippen molar-refractivity contribution >= 4 is 17.5 Å². The molecule has 22 heavy (non-hydrogen) atoms. The van der Waals surface area contributed by atoms with Crippen molar-refractivity contribution in [2.24, 2.45) is 11.7 Å². The second-order valence-electron chi connectivity index (χ2n) is 5.56. The Kier molecular flexibility index (Phi) is 5.35. The van der Waals surface area contributed by atoms with Crippen LogP contribution in [0.2, 0.25) is 0 Å². The van der Waals surface area contributed by atoms with E-state index in [1.165, 1.54) is 0 Å². The highest BCUT2D eigenvalue weighted by Crippen LogP contribution is 2.26. The first-order valence-electron chi connectivity index (χ1n) is 7.86. The maximum absolute atomic E-state index is 12.7. The quantitative estimate of drug-likeness (QED) is 0.888. The zero-order chi connectivity index (χ0) is 16.1. The van der Waals surface area contributed by atoms with Gasteiger partial charge in [-0.3, -0.25) is 14.6 Å². The number of hydrogen-bond acceptors (Lipinski definition) is 4. The Hall–Kier alpha value is -2.11. The molecular formula is C16H24N4O2. The van der Waals surface area contributed by atoms with Crippen LogP contribution in [-0.2, 0) is 4.79 Å². The molecule has 0 aliphatic carbocycles. The van der Waals surface area contributed by atoms with Crippen molar-refractivity contribution in [1.29, 1.82) is 0 Å². The largest absolute Gasteiger partial charge is 0.370 e. The predicted octanol–water partition coefficient (Wildman–Crippen LogP) is 1.27. The van der Waals surface area contributed by atoms with Crippen LogP contribution in [0.15, 0.2) is 18.5 Å². The van der Waals surface area contributed by atoms with Crippen molar-refractivity contribution in [1.82, 2.24) is 9.88 Å². The zero-order valence-corrected chi connectivity index (χ0v) is 13.3. The number of carbonyl (C=O) groups excluding carboxylic acids is 2. The van der Waals surface area contributed by atoms with Crippen LogP contribution in [0.3, 0.4) is 0 Å². The summed E-state index contributed by atoms with van der Waals surface area (Å²) in [6.45, 7) is 6.63. The topological polar surface area (TPSA) is 79.5 Å². The summed E-state index contributed by atoms with van der Waals surface area (Å²) < 4.78 is 0. The van der Waals surface area contributed by atoms with Gasteiger partial charge in [0.15, 0.2) is 0 Å². The van der Waals surface area contributed by atoms with Gasteiger partial charge in [0.05, 0.1) is 17.2 Å². The lowest BCUT2D eigenvalue weighted by atomic mass is 9.96. The zero-order valence-electron chi connectivity index (χ0n) is 13.3. The van der Waals surface area contributed by atoms with E-state index in [-0.39, 0.29) is 17.7 Å². The van der Waals surface area contributed by atoms with E-state index in [0.717, 1.165) is 25.1 Å². The monoisotopic (exact) mass is 304 g/mol. The molecule has 0 saturated carbocycles. The Labute approximate surface area is 131 Å². The molecule has 1 saturated heterocycles. The molecule has 0 spiro atoms. The number of primary amides is 1. The number of amides is 2. The summed E-state index contributed by atoms with van der Waals surface area (Å²) in [7, 11) is 0. The first kappa shape index (κ1) is 16.3. The van der Waals surface area contributed by atoms with E-state index in [1.54, 1.807) is 17.3 Å². The van der Waals surface area contributed by atoms with Crippen LogP contribution in [0.25, 0.3) is 0 Å². The smallest absolute Gasteiger partial charge is 0.257 e. The van der Waals surface area contributed by atoms with Crippen LogP contribution < -0.4 is 10.6 Å². The average Bonchev–Trinajstić information content (AvgIpc) is 2.56. The fourth-order valence-corrected chi connectivity index (χ4v) is 2.94. The minimum atomic E-state index is -0.268. The molecule has 120 valence electrons. The van der Waals surface area contributed by atoms with E-state index in [4.69, 9.17) is 5.73 Å². The van der Waals surface area contributed by atoms with Crippen LogP contribution in [0, 0.1) is 5.92 Å². The molecule has 1 aliphatic rings. The van der Waals surface area contributed by atoms with Gasteiger partial charge in [-0.25, -0.2) is 0 Å². The van der Waals surface area contributed by atoms with Gasteiger partial charge in [0.25, 0.3) is 5.91 Å². The maximum Gasteiger partial charge on any atom is 0.257 e. The minimum absolute atomic E-state index is 0.0192. The van der Waals surface area contributed by atoms with E-state index >= 15 is 0 Å². The number of anilines is 1. The molecule has 6 heteroatoms. The van der Waals surface area contributed by atoms with Crippen molar-refractivity contribution in [3.05, 3.63) is 24.0 Å². The van der Waals surface area contributed by atoms with Gasteiger partial charge in [0, 0.05) is 38.6 Å². The lowest BCUT2D eigenvalue weighted by Crippen LogP contribution is -2.42. The molecule has 1 fully saturated rings. The minimum Gasteiger partial charge on any atom is -0.370 e. The summed E-state index contributed by atoms with van der Waals surface area (Å²) in [4.78, 5) is 32.1. The Morgan fingerprint density at radius 3 is 2.77 bits per heavy atom. The number of hydrogen-bond donors (Lipinski definition) is 1. The van der Waals surface area contributed by atoms with Crippen molar-refractivity contribution in [2.75, 3.05) is 31.1 Å². The third-order valence-corrected chi connectivity index (χ3v) is 4.24. The van der Waals surface area contributed by atoms with Gasteiger partial charge >= 0.3 is 0 Å². The first-order valence-corrected chi connectivity index (χ1v) is 7.86. The SMILES string of the molecule is CCN(CC)C(=O)c1cnccc1N1CCCC(C(N)=O)C1. The highest BCUT2D eigenvalue weighted by molar-refractivity contribution is 5.99. The number of piperidine rings is 1. The van der Waals surface area contributed by atoms with Crippen molar-refractivity contribution in [3.63, 3.8) is 0 Å². The average molecular weight is 304 g/mol. The highest BCUT2D eigenvalue weighted by atomic mass is 16.2. The summed E-state index contributed by atoms with van der Waals surface area (Å²) in [5, 5.41) is 0. The third-order valence-electron chi connectivity index (χ3n) is 4.24. The Bertz CT molecular complexity index is 543. The molecule has 2 heterocycles. The molecular weight excluding hydrogens is 280 g/mol. The molecule has 0 bridgehead atoms. The van der Waals surface area contributed by atoms with Crippen LogP contribution in [0.1, 0.15) is 37.0 Å². The molecule has 1 aromatic heterocycles. The number of rotatable bonds is 5. The van der Waals surface area contributed by atoms with Crippen LogP contribution in [-0.4, -0.2) is 47.9 Å². The van der Waals surface area contributed by atoms with E-state index < -0.39 is 0 Å². The highest BCUT2D eigenvalue weighted by Gasteiger charge is 2.27. The molecule has 0 aromatic carbocycles. The van der Waals surface area contributed by atoms with E-state index in [0.29, 0.717) is 25.2 Å². The standard InChI is InChI=1S/C16H24N4O2/c1-3-19(4-2)16(22)13-10-18-8-7-14(13)20-9-5-6-12(11-20)15(17)21/h7-8,10,12H,3-6,9,11H2,1-2H3,(H2,17,21). The molecule has 0 radical (unpaired) electrons. The number of carbonyl (C=O) groups is 2. The molecule has 2 amide bonds. The van der Waals surface area contributed by atoms with Gasteiger partial charge < -0.3 is 15.5 Å². The number of nitrogens with two attached hydrogens (primary N) is 1. The summed E-state index contributed by atoms with van der Waals surface area (Å²) in [6, 6.07) is 1.85. The number of aromatic nitrogens is 1. The third kappa shape index (κ3) is 3.37. The number of pyridine rings is 1. The fraction of sp³-hybridized carbons (Fsp3) is 0.562. The fourth-order valence-electron chi connectivity index (χ4n) is 2.94. The summed E-state index contributed by atoms with van der Waals surface area (Å²) in [5.74, 6) is -0.442. The molecule has 6 nitrogen and oxygen atoms in total. The maximum atomic E-state index is 12.7. The van der Waals surface area contributed by atoms with Gasteiger partial charge in [0.2, 0.25) is 5.91 Å². The first-order chi connectivity index (χ1) is 10.6. The molecule has 1 aliphatic heterocycles. The van der Waals surface area contributed by atoms with Gasteiger partial charge in [-0.1, -0.05) is 0 Å². The predicted molar refractivity (Wildman–Crippen MR) is 85.6 cm³/mol. The lowest BCUT2D eigenvalue weighted by Gasteiger charge is -2.34. The van der Waals surface area contributed by atoms with Crippen molar-refractivity contribution in [2.45, 2.75) is 26.7 Å². The molecule has 1 aromatic rings. The van der Waals surface area contributed by atoms with Gasteiger partial charge in [0.1, 0.15) is 0 Å². The second-order valence-corrected chi connectivity index (χ2v) is 5.56. The Morgan fingerprint density at radius 1 is 1.41 bits per heavy atom. The second kappa shape index (κ2) is 7.24. The lowest BCUT2D eigenvalue weighted by molar-refractivity contribution is -0.122. The molecule has 2 rings (SSSR count). The van der Waals surface area contributed by atoms with Gasteiger partial charge in [-0.2, -0.15) is 0 Å². The van der Waals surface area contributed by atoms with Crippen molar-refractivity contribution < 1.29 is 9.59 Å². The normalized spacial score (nSPS) is 18.1. The molecule has 1 unspecified atom stereocenters. The Morgan fingerprint density at radius 2 is 2.14 bits per heavy atom. The summed E-state index contributed by atoms with van der Waals surface area (Å²) in [6.07, 6.45) is 5.01. The van der Waals surface area contributed by atoms with E-state index in [9.17, 15) is 9.59 Å². The van der Waals surface area contributed by atoms with Crippen LogP contribution in [0.5, 0.6) is 0 Å².